The van der Waals surface area contributed by atoms with Crippen molar-refractivity contribution in [3.05, 3.63) is 53.1 Å². The van der Waals surface area contributed by atoms with E-state index in [1.807, 2.05) is 16.5 Å². The maximum absolute atomic E-state index is 4.87. The molecule has 0 amide bonds. The Bertz CT molecular complexity index is 923. The topological polar surface area (TPSA) is 59.2 Å². The highest BCUT2D eigenvalue weighted by atomic mass is 32.1. The van der Waals surface area contributed by atoms with Crippen LogP contribution in [0.3, 0.4) is 0 Å². The molecule has 0 N–H and O–H groups in total. The Hall–Kier alpha value is -2.54. The van der Waals surface area contributed by atoms with Crippen LogP contribution in [0.5, 0.6) is 0 Å². The lowest BCUT2D eigenvalue weighted by Crippen LogP contribution is -2.27. The van der Waals surface area contributed by atoms with Gasteiger partial charge in [0.15, 0.2) is 10.8 Å². The molecule has 0 aliphatic heterocycles. The molecule has 3 aromatic heterocycles. The number of thiazole rings is 1. The van der Waals surface area contributed by atoms with Crippen molar-refractivity contribution in [2.24, 2.45) is 4.99 Å². The van der Waals surface area contributed by atoms with Crippen molar-refractivity contribution in [3.8, 4) is 0 Å². The second kappa shape index (κ2) is 7.78. The van der Waals surface area contributed by atoms with Crippen molar-refractivity contribution in [1.82, 2.24) is 24.4 Å². The maximum atomic E-state index is 4.87. The third-order valence-corrected chi connectivity index (χ3v) is 5.05. The van der Waals surface area contributed by atoms with E-state index in [4.69, 9.17) is 4.98 Å². The molecule has 0 atom stereocenters. The highest BCUT2D eigenvalue weighted by Gasteiger charge is 2.18. The van der Waals surface area contributed by atoms with Crippen LogP contribution < -0.4 is 0 Å². The SMILES string of the molecule is C=CN(Cc1nc2cc(C(C)C)ncc2n1CC)C(=NC)c1nccs1. The zero-order chi connectivity index (χ0) is 18.7. The van der Waals surface area contributed by atoms with Gasteiger partial charge in [0, 0.05) is 30.9 Å². The van der Waals surface area contributed by atoms with E-state index >= 15 is 0 Å². The Labute approximate surface area is 158 Å². The number of hydrogen-bond donors (Lipinski definition) is 0. The first-order chi connectivity index (χ1) is 12.6. The molecule has 0 saturated carbocycles. The number of amidine groups is 1. The van der Waals surface area contributed by atoms with Crippen LogP contribution in [-0.4, -0.2) is 37.3 Å². The average Bonchev–Trinajstić information content (AvgIpc) is 3.28. The number of rotatable bonds is 6. The van der Waals surface area contributed by atoms with Crippen LogP contribution in [0.15, 0.2) is 41.6 Å². The van der Waals surface area contributed by atoms with E-state index in [9.17, 15) is 0 Å². The van der Waals surface area contributed by atoms with Crippen LogP contribution in [0, 0.1) is 0 Å². The minimum atomic E-state index is 0.378. The van der Waals surface area contributed by atoms with Gasteiger partial charge in [0.2, 0.25) is 0 Å². The minimum absolute atomic E-state index is 0.378. The summed E-state index contributed by atoms with van der Waals surface area (Å²) in [6, 6.07) is 2.09. The van der Waals surface area contributed by atoms with Crippen LogP contribution in [0.1, 0.15) is 43.2 Å². The standard InChI is InChI=1S/C19H24N6S/c1-6-24(18(20-5)19-21-8-9-26-19)12-17-23-15-10-14(13(3)4)22-11-16(15)25(17)7-2/h6,8-11,13H,1,7,12H2,2-5H3. The molecule has 6 nitrogen and oxygen atoms in total. The van der Waals surface area contributed by atoms with Crippen molar-refractivity contribution in [3.63, 3.8) is 0 Å². The molecule has 0 fully saturated rings. The number of pyridine rings is 1. The van der Waals surface area contributed by atoms with E-state index in [1.165, 1.54) is 0 Å². The first-order valence-corrected chi connectivity index (χ1v) is 9.57. The fraction of sp³-hybridized carbons (Fsp3) is 0.368. The summed E-state index contributed by atoms with van der Waals surface area (Å²) in [5, 5.41) is 2.82. The van der Waals surface area contributed by atoms with E-state index in [1.54, 1.807) is 30.8 Å². The van der Waals surface area contributed by atoms with Crippen molar-refractivity contribution in [2.75, 3.05) is 7.05 Å². The molecule has 136 valence electrons. The summed E-state index contributed by atoms with van der Waals surface area (Å²) in [6.07, 6.45) is 5.49. The first-order valence-electron chi connectivity index (χ1n) is 8.69. The molecule has 0 aliphatic carbocycles. The molecule has 0 aromatic carbocycles. The summed E-state index contributed by atoms with van der Waals surface area (Å²) >= 11 is 1.56. The van der Waals surface area contributed by atoms with Crippen LogP contribution in [0.2, 0.25) is 0 Å². The Morgan fingerprint density at radius 1 is 1.42 bits per heavy atom. The van der Waals surface area contributed by atoms with Crippen molar-refractivity contribution in [2.45, 2.75) is 39.8 Å². The quantitative estimate of drug-likeness (QED) is 0.486. The van der Waals surface area contributed by atoms with Gasteiger partial charge in [0.05, 0.1) is 23.8 Å². The van der Waals surface area contributed by atoms with E-state index in [-0.39, 0.29) is 0 Å². The van der Waals surface area contributed by atoms with E-state index in [0.29, 0.717) is 12.5 Å². The van der Waals surface area contributed by atoms with Gasteiger partial charge in [0.25, 0.3) is 0 Å². The molecule has 0 bridgehead atoms. The molecule has 0 aliphatic rings. The van der Waals surface area contributed by atoms with Crippen LogP contribution >= 0.6 is 11.3 Å². The summed E-state index contributed by atoms with van der Waals surface area (Å²) < 4.78 is 2.19. The lowest BCUT2D eigenvalue weighted by molar-refractivity contribution is 0.513. The fourth-order valence-electron chi connectivity index (χ4n) is 2.94. The largest absolute Gasteiger partial charge is 0.325 e. The van der Waals surface area contributed by atoms with Gasteiger partial charge in [0.1, 0.15) is 5.82 Å². The Morgan fingerprint density at radius 2 is 2.23 bits per heavy atom. The molecule has 26 heavy (non-hydrogen) atoms. The molecule has 3 heterocycles. The summed E-state index contributed by atoms with van der Waals surface area (Å²) in [6.45, 7) is 11.8. The van der Waals surface area contributed by atoms with Gasteiger partial charge in [-0.1, -0.05) is 20.4 Å². The van der Waals surface area contributed by atoms with Crippen molar-refractivity contribution >= 4 is 28.2 Å². The maximum Gasteiger partial charge on any atom is 0.164 e. The number of fused-ring (bicyclic) bond motifs is 1. The third-order valence-electron chi connectivity index (χ3n) is 4.28. The third kappa shape index (κ3) is 3.39. The molecule has 0 spiro atoms. The van der Waals surface area contributed by atoms with E-state index < -0.39 is 0 Å². The normalized spacial score (nSPS) is 12.1. The molecule has 0 unspecified atom stereocenters. The molecule has 3 aromatic rings. The van der Waals surface area contributed by atoms with Crippen LogP contribution in [0.25, 0.3) is 11.0 Å². The number of nitrogens with zero attached hydrogens (tertiary/aromatic N) is 6. The van der Waals surface area contributed by atoms with Crippen molar-refractivity contribution < 1.29 is 0 Å². The monoisotopic (exact) mass is 368 g/mol. The zero-order valence-corrected chi connectivity index (χ0v) is 16.5. The van der Waals surface area contributed by atoms with E-state index in [2.05, 4.69) is 52.9 Å². The molecule has 3 rings (SSSR count). The highest BCUT2D eigenvalue weighted by Crippen LogP contribution is 2.22. The lowest BCUT2D eigenvalue weighted by Gasteiger charge is -2.20. The molecule has 0 saturated heterocycles. The van der Waals surface area contributed by atoms with Gasteiger partial charge in [-0.05, 0) is 25.1 Å². The fourth-order valence-corrected chi connectivity index (χ4v) is 3.62. The van der Waals surface area contributed by atoms with Gasteiger partial charge in [-0.3, -0.25) is 9.98 Å². The Kier molecular flexibility index (Phi) is 5.46. The summed E-state index contributed by atoms with van der Waals surface area (Å²) in [5.41, 5.74) is 3.10. The smallest absolute Gasteiger partial charge is 0.164 e. The predicted octanol–water partition coefficient (Wildman–Crippen LogP) is 4.05. The lowest BCUT2D eigenvalue weighted by atomic mass is 10.1. The second-order valence-corrected chi connectivity index (χ2v) is 7.11. The number of imidazole rings is 1. The van der Waals surface area contributed by atoms with Gasteiger partial charge in [-0.25, -0.2) is 9.97 Å². The average molecular weight is 369 g/mol. The van der Waals surface area contributed by atoms with Crippen LogP contribution in [0.4, 0.5) is 0 Å². The molecule has 7 heteroatoms. The summed E-state index contributed by atoms with van der Waals surface area (Å²) in [5.74, 6) is 2.14. The second-order valence-electron chi connectivity index (χ2n) is 6.22. The molecule has 0 radical (unpaired) electrons. The van der Waals surface area contributed by atoms with E-state index in [0.717, 1.165) is 39.9 Å². The van der Waals surface area contributed by atoms with Gasteiger partial charge < -0.3 is 9.47 Å². The molecular weight excluding hydrogens is 344 g/mol. The predicted molar refractivity (Wildman–Crippen MR) is 108 cm³/mol. The minimum Gasteiger partial charge on any atom is -0.325 e. The first kappa shape index (κ1) is 18.3. The number of aryl methyl sites for hydroxylation is 1. The highest BCUT2D eigenvalue weighted by molar-refractivity contribution is 7.11. The summed E-state index contributed by atoms with van der Waals surface area (Å²) in [4.78, 5) is 20.2. The van der Waals surface area contributed by atoms with Gasteiger partial charge in [-0.2, -0.15) is 0 Å². The van der Waals surface area contributed by atoms with Crippen molar-refractivity contribution in [1.29, 1.82) is 0 Å². The number of hydrogen-bond acceptors (Lipinski definition) is 5. The summed E-state index contributed by atoms with van der Waals surface area (Å²) in [7, 11) is 1.77. The molecular formula is C19H24N6S. The number of aliphatic imine (C=N–C) groups is 1. The Balaban J connectivity index is 1.99. The number of aromatic nitrogens is 4. The van der Waals surface area contributed by atoms with Gasteiger partial charge in [-0.15, -0.1) is 11.3 Å². The Morgan fingerprint density at radius 3 is 2.81 bits per heavy atom. The van der Waals surface area contributed by atoms with Crippen LogP contribution in [-0.2, 0) is 13.1 Å². The van der Waals surface area contributed by atoms with Gasteiger partial charge >= 0.3 is 0 Å². The zero-order valence-electron chi connectivity index (χ0n) is 15.7.